The van der Waals surface area contributed by atoms with Crippen LogP contribution in [0.3, 0.4) is 0 Å². The highest BCUT2D eigenvalue weighted by Crippen LogP contribution is 2.63. The molecule has 0 radical (unpaired) electrons. The number of fused-ring (bicyclic) bond motifs is 5. The summed E-state index contributed by atoms with van der Waals surface area (Å²) < 4.78 is 10.7. The van der Waals surface area contributed by atoms with Gasteiger partial charge in [0.25, 0.3) is 0 Å². The van der Waals surface area contributed by atoms with E-state index in [2.05, 4.69) is 13.8 Å². The number of esters is 2. The predicted octanol–water partition coefficient (Wildman–Crippen LogP) is 8.92. The van der Waals surface area contributed by atoms with E-state index in [1.807, 2.05) is 6.08 Å². The fraction of sp³-hybridized carbons (Fsp3) is 0.861. The maximum atomic E-state index is 12.2. The maximum Gasteiger partial charge on any atom is 0.344 e. The van der Waals surface area contributed by atoms with Gasteiger partial charge in [0.2, 0.25) is 0 Å². The van der Waals surface area contributed by atoms with Crippen LogP contribution < -0.4 is 0 Å². The molecule has 232 valence electrons. The summed E-state index contributed by atoms with van der Waals surface area (Å²) in [5.74, 6) is 3.20. The first-order valence-electron chi connectivity index (χ1n) is 17.4. The summed E-state index contributed by atoms with van der Waals surface area (Å²) in [7, 11) is 0. The van der Waals surface area contributed by atoms with Crippen molar-refractivity contribution in [3.63, 3.8) is 0 Å². The summed E-state index contributed by atoms with van der Waals surface area (Å²) in [6.45, 7) is 4.92. The molecule has 3 fully saturated rings. The summed E-state index contributed by atoms with van der Waals surface area (Å²) in [5.41, 5.74) is 1.86. The summed E-state index contributed by atoms with van der Waals surface area (Å²) >= 11 is 0. The lowest BCUT2D eigenvalue weighted by Crippen LogP contribution is -2.44. The molecule has 0 aliphatic heterocycles. The Morgan fingerprint density at radius 2 is 1.56 bits per heavy atom. The zero-order valence-corrected chi connectivity index (χ0v) is 26.3. The van der Waals surface area contributed by atoms with Gasteiger partial charge in [-0.05, 0) is 98.9 Å². The minimum Gasteiger partial charge on any atom is -0.463 e. The van der Waals surface area contributed by atoms with Crippen molar-refractivity contribution in [3.05, 3.63) is 11.6 Å². The van der Waals surface area contributed by atoms with Crippen LogP contribution in [-0.4, -0.2) is 30.9 Å². The highest BCUT2D eigenvalue weighted by Gasteiger charge is 2.54. The van der Waals surface area contributed by atoms with E-state index >= 15 is 0 Å². The second-order valence-corrected chi connectivity index (χ2v) is 14.3. The molecule has 0 heterocycles. The number of carbonyl (C=O) groups is 3. The van der Waals surface area contributed by atoms with Gasteiger partial charge in [0.15, 0.2) is 12.4 Å². The molecule has 4 aliphatic carbocycles. The fourth-order valence-electron chi connectivity index (χ4n) is 9.14. The number of carbonyl (C=O) groups excluding carboxylic acids is 3. The van der Waals surface area contributed by atoms with Crippen molar-refractivity contribution in [1.29, 1.82) is 0 Å². The number of rotatable bonds is 17. The van der Waals surface area contributed by atoms with Crippen LogP contribution in [0.5, 0.6) is 0 Å². The lowest BCUT2D eigenvalue weighted by atomic mass is 9.52. The molecule has 5 heteroatoms. The number of ether oxygens (including phenoxy) is 2. The number of hydrogen-bond acceptors (Lipinski definition) is 5. The van der Waals surface area contributed by atoms with E-state index in [0.717, 1.165) is 56.3 Å². The molecule has 0 spiro atoms. The largest absolute Gasteiger partial charge is 0.463 e. The molecule has 4 rings (SSSR count). The molecule has 0 aromatic rings. The van der Waals surface area contributed by atoms with E-state index in [1.165, 1.54) is 95.5 Å². The normalized spacial score (nSPS) is 30.6. The highest BCUT2D eigenvalue weighted by molar-refractivity contribution is 5.91. The second-order valence-electron chi connectivity index (χ2n) is 14.3. The van der Waals surface area contributed by atoms with Crippen molar-refractivity contribution in [2.24, 2.45) is 35.0 Å². The monoisotopic (exact) mass is 570 g/mol. The van der Waals surface area contributed by atoms with Crippen molar-refractivity contribution in [2.75, 3.05) is 13.2 Å². The van der Waals surface area contributed by atoms with Crippen LogP contribution in [0.25, 0.3) is 0 Å². The molecular formula is C36H58O5. The van der Waals surface area contributed by atoms with E-state index < -0.39 is 5.97 Å². The molecule has 4 aliphatic rings. The van der Waals surface area contributed by atoms with Gasteiger partial charge in [-0.2, -0.15) is 0 Å². The van der Waals surface area contributed by atoms with Gasteiger partial charge in [-0.15, -0.1) is 0 Å². The molecule has 0 N–H and O–H groups in total. The van der Waals surface area contributed by atoms with Crippen LogP contribution in [0.2, 0.25) is 0 Å². The molecule has 0 bridgehead atoms. The van der Waals surface area contributed by atoms with Gasteiger partial charge >= 0.3 is 11.9 Å². The minimum absolute atomic E-state index is 0.259. The van der Waals surface area contributed by atoms with Crippen LogP contribution in [0, 0.1) is 35.0 Å². The third-order valence-corrected chi connectivity index (χ3v) is 11.3. The van der Waals surface area contributed by atoms with Crippen LogP contribution in [0.4, 0.5) is 0 Å². The highest BCUT2D eigenvalue weighted by atomic mass is 16.6. The third-order valence-electron chi connectivity index (χ3n) is 11.3. The molecule has 6 atom stereocenters. The fourth-order valence-corrected chi connectivity index (χ4v) is 9.14. The van der Waals surface area contributed by atoms with Crippen LogP contribution in [-0.2, 0) is 23.9 Å². The average molecular weight is 571 g/mol. The van der Waals surface area contributed by atoms with E-state index in [-0.39, 0.29) is 12.6 Å². The number of unbranched alkanes of at least 4 members (excludes halogenated alkanes) is 10. The summed E-state index contributed by atoms with van der Waals surface area (Å²) in [6.07, 6.45) is 26.2. The van der Waals surface area contributed by atoms with Gasteiger partial charge < -0.3 is 9.47 Å². The Bertz CT molecular complexity index is 892. The van der Waals surface area contributed by atoms with Crippen molar-refractivity contribution >= 4 is 17.7 Å². The second kappa shape index (κ2) is 16.3. The van der Waals surface area contributed by atoms with E-state index in [1.54, 1.807) is 0 Å². The van der Waals surface area contributed by atoms with Crippen molar-refractivity contribution in [3.8, 4) is 0 Å². The Hall–Kier alpha value is -1.65. The van der Waals surface area contributed by atoms with Gasteiger partial charge in [0.05, 0.1) is 6.61 Å². The van der Waals surface area contributed by atoms with Gasteiger partial charge in [-0.1, -0.05) is 83.6 Å². The lowest BCUT2D eigenvalue weighted by Gasteiger charge is -2.52. The Morgan fingerprint density at radius 3 is 2.29 bits per heavy atom. The molecular weight excluding hydrogens is 512 g/mol. The van der Waals surface area contributed by atoms with Gasteiger partial charge in [0, 0.05) is 12.8 Å². The SMILES string of the molecule is CCCCCCCCCCCCCC(=O)OCC(=O)OCC[C@H]1C[C@H]2[C@@H]3CCC4=CC(=O)CC[C@@H]4[C@H]3CC[C@]2(C)C1. The summed E-state index contributed by atoms with van der Waals surface area (Å²) in [5, 5.41) is 0. The van der Waals surface area contributed by atoms with Crippen molar-refractivity contribution < 1.29 is 23.9 Å². The zero-order valence-electron chi connectivity index (χ0n) is 26.3. The minimum atomic E-state index is -0.419. The molecule has 41 heavy (non-hydrogen) atoms. The van der Waals surface area contributed by atoms with E-state index in [4.69, 9.17) is 9.47 Å². The van der Waals surface area contributed by atoms with Crippen LogP contribution in [0.15, 0.2) is 11.6 Å². The molecule has 0 unspecified atom stereocenters. The van der Waals surface area contributed by atoms with Gasteiger partial charge in [-0.3, -0.25) is 9.59 Å². The Balaban J connectivity index is 1.04. The summed E-state index contributed by atoms with van der Waals surface area (Å²) in [4.78, 5) is 36.2. The maximum absolute atomic E-state index is 12.2. The first-order chi connectivity index (χ1) is 19.9. The van der Waals surface area contributed by atoms with E-state index in [9.17, 15) is 14.4 Å². The molecule has 0 aromatic carbocycles. The predicted molar refractivity (Wildman–Crippen MR) is 163 cm³/mol. The average Bonchev–Trinajstić information content (AvgIpc) is 3.31. The molecule has 0 amide bonds. The Labute approximate surface area is 250 Å². The Morgan fingerprint density at radius 1 is 0.854 bits per heavy atom. The first kappa shape index (κ1) is 32.3. The standard InChI is InChI=1S/C36H58O5/c1-3-4-5-6-7-8-9-10-11-12-13-14-34(38)41-26-35(39)40-22-20-27-23-33-32-17-15-28-24-29(37)16-18-30(28)31(32)19-21-36(33,2)25-27/h24,27,30-33H,3-23,25-26H2,1-2H3/t27-,30-,31+,32+,33-,36+/m0/s1. The smallest absolute Gasteiger partial charge is 0.344 e. The number of allylic oxidation sites excluding steroid dienone is 1. The first-order valence-corrected chi connectivity index (χ1v) is 17.4. The van der Waals surface area contributed by atoms with Gasteiger partial charge in [0.1, 0.15) is 0 Å². The molecule has 5 nitrogen and oxygen atoms in total. The number of ketones is 1. The lowest BCUT2D eigenvalue weighted by molar-refractivity contribution is -0.159. The van der Waals surface area contributed by atoms with Crippen molar-refractivity contribution in [1.82, 2.24) is 0 Å². The molecule has 0 aromatic heterocycles. The quantitative estimate of drug-likeness (QED) is 0.129. The molecule has 0 saturated heterocycles. The van der Waals surface area contributed by atoms with Crippen LogP contribution >= 0.6 is 0 Å². The zero-order chi connectivity index (χ0) is 29.1. The van der Waals surface area contributed by atoms with Crippen LogP contribution in [0.1, 0.15) is 149 Å². The molecule has 3 saturated carbocycles. The third kappa shape index (κ3) is 9.42. The number of hydrogen-bond donors (Lipinski definition) is 0. The van der Waals surface area contributed by atoms with E-state index in [0.29, 0.717) is 36.1 Å². The topological polar surface area (TPSA) is 69.7 Å². The van der Waals surface area contributed by atoms with Gasteiger partial charge in [-0.25, -0.2) is 4.79 Å². The Kier molecular flexibility index (Phi) is 12.8. The van der Waals surface area contributed by atoms with Crippen molar-refractivity contribution in [2.45, 2.75) is 149 Å². The summed E-state index contributed by atoms with van der Waals surface area (Å²) in [6, 6.07) is 0.